The Morgan fingerprint density at radius 1 is 0.900 bits per heavy atom. The van der Waals surface area contributed by atoms with E-state index >= 15 is 4.39 Å². The van der Waals surface area contributed by atoms with Gasteiger partial charge in [0.15, 0.2) is 0 Å². The SMILES string of the molecule is O=C(O)CCCOc1ccc(C[C@@](NC(=O)c2ccc(F)c(C(F)(F)F)c2)(c2cc(F)cc(OC(F)(F)C(F)F)c2)c2ccc(Cl)cn2)cc1. The van der Waals surface area contributed by atoms with Gasteiger partial charge in [-0.3, -0.25) is 14.6 Å². The number of carboxylic acid groups (broad SMARTS) is 1. The van der Waals surface area contributed by atoms with Crippen LogP contribution in [0.5, 0.6) is 11.5 Å². The Labute approximate surface area is 282 Å². The monoisotopic (exact) mass is 734 g/mol. The molecule has 266 valence electrons. The third-order valence-corrected chi connectivity index (χ3v) is 7.32. The van der Waals surface area contributed by atoms with E-state index in [9.17, 15) is 44.7 Å². The largest absolute Gasteiger partial charge is 0.494 e. The molecule has 0 radical (unpaired) electrons. The molecule has 50 heavy (non-hydrogen) atoms. The summed E-state index contributed by atoms with van der Waals surface area (Å²) in [5.41, 5.74) is -5.03. The standard InChI is InChI=1S/C33H24ClF9N2O5/c34-21-6-10-27(44-17-21)31(16-18-3-7-23(8-4-18)49-11-1-2-28(46)47,20-13-22(35)15-24(14-20)50-33(42,43)30(37)38)45-29(48)19-5-9-26(36)25(12-19)32(39,40)41/h3-10,12-15,17,30H,1-2,11,16H2,(H,45,48)(H,46,47)/t31-/m1/s1. The Morgan fingerprint density at radius 3 is 2.20 bits per heavy atom. The van der Waals surface area contributed by atoms with Gasteiger partial charge in [-0.15, -0.1) is 0 Å². The van der Waals surface area contributed by atoms with Gasteiger partial charge in [0.05, 0.1) is 22.9 Å². The van der Waals surface area contributed by atoms with Crippen molar-refractivity contribution in [3.63, 3.8) is 0 Å². The first-order valence-electron chi connectivity index (χ1n) is 14.3. The maximum Gasteiger partial charge on any atom is 0.461 e. The second-order valence-corrected chi connectivity index (χ2v) is 11.2. The van der Waals surface area contributed by atoms with Crippen LogP contribution >= 0.6 is 11.6 Å². The average molecular weight is 735 g/mol. The van der Waals surface area contributed by atoms with E-state index in [1.54, 1.807) is 0 Å². The van der Waals surface area contributed by atoms with Gasteiger partial charge >= 0.3 is 24.7 Å². The quantitative estimate of drug-likeness (QED) is 0.0998. The zero-order chi connectivity index (χ0) is 36.9. The Hall–Kier alpha value is -4.99. The second-order valence-electron chi connectivity index (χ2n) is 10.7. The number of hydrogen-bond acceptors (Lipinski definition) is 5. The third kappa shape index (κ3) is 9.37. The fourth-order valence-corrected chi connectivity index (χ4v) is 4.90. The average Bonchev–Trinajstić information content (AvgIpc) is 3.02. The van der Waals surface area contributed by atoms with E-state index in [4.69, 9.17) is 21.4 Å². The highest BCUT2D eigenvalue weighted by atomic mass is 35.5. The maximum atomic E-state index is 15.1. The van der Waals surface area contributed by atoms with Crippen LogP contribution in [0.3, 0.4) is 0 Å². The van der Waals surface area contributed by atoms with Crippen molar-refractivity contribution < 1.29 is 63.7 Å². The minimum Gasteiger partial charge on any atom is -0.494 e. The predicted molar refractivity (Wildman–Crippen MR) is 159 cm³/mol. The molecule has 1 heterocycles. The van der Waals surface area contributed by atoms with Crippen LogP contribution in [-0.4, -0.2) is 41.1 Å². The Bertz CT molecular complexity index is 1820. The number of rotatable bonds is 14. The summed E-state index contributed by atoms with van der Waals surface area (Å²) >= 11 is 6.01. The van der Waals surface area contributed by atoms with Gasteiger partial charge in [0.25, 0.3) is 5.91 Å². The van der Waals surface area contributed by atoms with Crippen molar-refractivity contribution in [3.8, 4) is 11.5 Å². The highest BCUT2D eigenvalue weighted by molar-refractivity contribution is 6.30. The molecular formula is C33H24ClF9N2O5. The van der Waals surface area contributed by atoms with E-state index in [1.807, 2.05) is 0 Å². The number of amides is 1. The highest BCUT2D eigenvalue weighted by Gasteiger charge is 2.45. The van der Waals surface area contributed by atoms with E-state index in [0.717, 1.165) is 18.3 Å². The molecule has 0 saturated heterocycles. The van der Waals surface area contributed by atoms with Crippen LogP contribution in [-0.2, 0) is 22.9 Å². The molecule has 1 aromatic heterocycles. The molecule has 1 atom stereocenters. The van der Waals surface area contributed by atoms with Gasteiger partial charge in [0.2, 0.25) is 0 Å². The minimum absolute atomic E-state index is 0.0350. The molecule has 0 aliphatic heterocycles. The van der Waals surface area contributed by atoms with E-state index in [-0.39, 0.29) is 42.0 Å². The Morgan fingerprint density at radius 2 is 1.60 bits per heavy atom. The lowest BCUT2D eigenvalue weighted by Gasteiger charge is -2.36. The van der Waals surface area contributed by atoms with Crippen molar-refractivity contribution in [2.45, 2.75) is 43.5 Å². The summed E-state index contributed by atoms with van der Waals surface area (Å²) in [5, 5.41) is 11.3. The number of aromatic nitrogens is 1. The summed E-state index contributed by atoms with van der Waals surface area (Å²) in [6.07, 6.45) is -14.0. The van der Waals surface area contributed by atoms with Gasteiger partial charge in [-0.05, 0) is 72.1 Å². The molecule has 0 unspecified atom stereocenters. The van der Waals surface area contributed by atoms with Crippen molar-refractivity contribution in [2.75, 3.05) is 6.61 Å². The van der Waals surface area contributed by atoms with Crippen LogP contribution < -0.4 is 14.8 Å². The van der Waals surface area contributed by atoms with Crippen molar-refractivity contribution in [3.05, 3.63) is 124 Å². The van der Waals surface area contributed by atoms with E-state index < -0.39 is 76.6 Å². The maximum absolute atomic E-state index is 15.1. The van der Waals surface area contributed by atoms with Crippen LogP contribution in [0.15, 0.2) is 79.0 Å². The number of halogens is 10. The first-order valence-corrected chi connectivity index (χ1v) is 14.7. The predicted octanol–water partition coefficient (Wildman–Crippen LogP) is 8.43. The highest BCUT2D eigenvalue weighted by Crippen LogP contribution is 2.38. The number of benzene rings is 3. The van der Waals surface area contributed by atoms with Crippen molar-refractivity contribution in [2.24, 2.45) is 0 Å². The van der Waals surface area contributed by atoms with E-state index in [2.05, 4.69) is 15.0 Å². The minimum atomic E-state index is -5.21. The van der Waals surface area contributed by atoms with E-state index in [0.29, 0.717) is 23.8 Å². The Balaban J connectivity index is 1.88. The molecule has 17 heteroatoms. The van der Waals surface area contributed by atoms with Crippen LogP contribution in [0, 0.1) is 11.6 Å². The molecule has 2 N–H and O–H groups in total. The number of ether oxygens (including phenoxy) is 2. The lowest BCUT2D eigenvalue weighted by atomic mass is 9.80. The lowest BCUT2D eigenvalue weighted by Crippen LogP contribution is -2.49. The molecule has 1 amide bonds. The van der Waals surface area contributed by atoms with Gasteiger partial charge in [0.1, 0.15) is 28.7 Å². The normalized spacial score (nSPS) is 13.1. The van der Waals surface area contributed by atoms with Crippen LogP contribution in [0.4, 0.5) is 39.5 Å². The smallest absolute Gasteiger partial charge is 0.461 e. The topological polar surface area (TPSA) is 97.8 Å². The molecule has 0 saturated carbocycles. The number of carbonyl (C=O) groups excluding carboxylic acids is 1. The first kappa shape index (κ1) is 37.8. The van der Waals surface area contributed by atoms with Crippen LogP contribution in [0.1, 0.15) is 45.6 Å². The van der Waals surface area contributed by atoms with Gasteiger partial charge in [-0.25, -0.2) is 8.78 Å². The van der Waals surface area contributed by atoms with Crippen LogP contribution in [0.2, 0.25) is 5.02 Å². The second kappa shape index (κ2) is 15.3. The number of nitrogens with zero attached hydrogens (tertiary/aromatic N) is 1. The molecular weight excluding hydrogens is 711 g/mol. The summed E-state index contributed by atoms with van der Waals surface area (Å²) in [6, 6.07) is 11.5. The zero-order valence-electron chi connectivity index (χ0n) is 25.2. The fraction of sp³-hybridized carbons (Fsp3) is 0.242. The molecule has 3 aromatic carbocycles. The molecule has 0 spiro atoms. The summed E-state index contributed by atoms with van der Waals surface area (Å²) in [4.78, 5) is 28.7. The molecule has 4 aromatic rings. The molecule has 0 bridgehead atoms. The number of nitrogens with one attached hydrogen (secondary N) is 1. The third-order valence-electron chi connectivity index (χ3n) is 7.09. The molecule has 4 rings (SSSR count). The number of carbonyl (C=O) groups is 2. The van der Waals surface area contributed by atoms with Gasteiger partial charge in [0, 0.05) is 30.7 Å². The van der Waals surface area contributed by atoms with Crippen LogP contribution in [0.25, 0.3) is 0 Å². The van der Waals surface area contributed by atoms with Crippen molar-refractivity contribution in [1.82, 2.24) is 10.3 Å². The zero-order valence-corrected chi connectivity index (χ0v) is 26.0. The van der Waals surface area contributed by atoms with Gasteiger partial charge in [-0.1, -0.05) is 23.7 Å². The molecule has 0 fully saturated rings. The summed E-state index contributed by atoms with van der Waals surface area (Å²) < 4.78 is 133. The Kier molecular flexibility index (Phi) is 11.6. The van der Waals surface area contributed by atoms with Gasteiger partial charge < -0.3 is 19.9 Å². The number of hydrogen-bond donors (Lipinski definition) is 2. The summed E-state index contributed by atoms with van der Waals surface area (Å²) in [6.45, 7) is 0.0350. The number of pyridine rings is 1. The first-order chi connectivity index (χ1) is 23.4. The number of alkyl halides is 7. The fourth-order valence-electron chi connectivity index (χ4n) is 4.79. The van der Waals surface area contributed by atoms with Gasteiger partial charge in [-0.2, -0.15) is 30.7 Å². The van der Waals surface area contributed by atoms with Crippen molar-refractivity contribution in [1.29, 1.82) is 0 Å². The summed E-state index contributed by atoms with van der Waals surface area (Å²) in [7, 11) is 0. The summed E-state index contributed by atoms with van der Waals surface area (Å²) in [5.74, 6) is -6.14. The number of aliphatic carboxylic acids is 1. The number of carboxylic acids is 1. The van der Waals surface area contributed by atoms with Crippen molar-refractivity contribution >= 4 is 23.5 Å². The van der Waals surface area contributed by atoms with E-state index in [1.165, 1.54) is 36.4 Å². The molecule has 0 aliphatic rings. The molecule has 7 nitrogen and oxygen atoms in total. The molecule has 0 aliphatic carbocycles. The lowest BCUT2D eigenvalue weighted by molar-refractivity contribution is -0.253.